The summed E-state index contributed by atoms with van der Waals surface area (Å²) in [5.41, 5.74) is 1.57. The van der Waals surface area contributed by atoms with Crippen molar-refractivity contribution in [3.05, 3.63) is 82.2 Å². The van der Waals surface area contributed by atoms with Gasteiger partial charge in [-0.2, -0.15) is 0 Å². The lowest BCUT2D eigenvalue weighted by atomic mass is 9.85. The quantitative estimate of drug-likeness (QED) is 0.368. The first-order chi connectivity index (χ1) is 15.5. The number of ether oxygens (including phenoxy) is 2. The van der Waals surface area contributed by atoms with E-state index < -0.39 is 17.3 Å². The number of phenolic OH excluding ortho intramolecular Hbond substituents is 2. The van der Waals surface area contributed by atoms with Crippen LogP contribution >= 0.6 is 0 Å². The lowest BCUT2D eigenvalue weighted by molar-refractivity contribution is -0.135. The molecule has 3 aromatic carbocycles. The van der Waals surface area contributed by atoms with Gasteiger partial charge in [-0.1, -0.05) is 30.3 Å². The molecule has 0 radical (unpaired) electrons. The minimum Gasteiger partial charge on any atom is -0.508 e. The number of esters is 1. The number of hydrogen-bond donors (Lipinski definition) is 2. The molecule has 0 saturated carbocycles. The van der Waals surface area contributed by atoms with Gasteiger partial charge in [-0.3, -0.25) is 9.59 Å². The topological polar surface area (TPSA) is 106 Å². The molecule has 2 N–H and O–H groups in total. The lowest BCUT2D eigenvalue weighted by Gasteiger charge is -2.26. The summed E-state index contributed by atoms with van der Waals surface area (Å²) in [6.45, 7) is 0. The van der Waals surface area contributed by atoms with Crippen LogP contribution in [0.25, 0.3) is 22.1 Å². The number of phenols is 2. The first-order valence-electron chi connectivity index (χ1n) is 9.92. The summed E-state index contributed by atoms with van der Waals surface area (Å²) in [5.74, 6) is -0.713. The van der Waals surface area contributed by atoms with E-state index in [9.17, 15) is 19.8 Å². The van der Waals surface area contributed by atoms with Gasteiger partial charge in [-0.05, 0) is 23.8 Å². The van der Waals surface area contributed by atoms with Gasteiger partial charge in [-0.25, -0.2) is 0 Å². The first kappa shape index (κ1) is 19.7. The predicted octanol–water partition coefficient (Wildman–Crippen LogP) is 4.32. The molecule has 7 nitrogen and oxygen atoms in total. The van der Waals surface area contributed by atoms with E-state index in [4.69, 9.17) is 13.9 Å². The van der Waals surface area contributed by atoms with Crippen molar-refractivity contribution >= 4 is 16.9 Å². The van der Waals surface area contributed by atoms with Gasteiger partial charge in [0.2, 0.25) is 5.43 Å². The zero-order valence-corrected chi connectivity index (χ0v) is 17.0. The van der Waals surface area contributed by atoms with Crippen molar-refractivity contribution in [2.24, 2.45) is 0 Å². The van der Waals surface area contributed by atoms with Crippen LogP contribution in [0.15, 0.2) is 70.1 Å². The summed E-state index contributed by atoms with van der Waals surface area (Å²) in [6, 6.07) is 14.8. The van der Waals surface area contributed by atoms with Gasteiger partial charge < -0.3 is 24.1 Å². The summed E-state index contributed by atoms with van der Waals surface area (Å²) in [4.78, 5) is 25.7. The third kappa shape index (κ3) is 3.06. The molecule has 32 heavy (non-hydrogen) atoms. The summed E-state index contributed by atoms with van der Waals surface area (Å²) < 4.78 is 16.6. The molecule has 0 amide bonds. The number of fused-ring (bicyclic) bond motifs is 3. The molecule has 0 bridgehead atoms. The van der Waals surface area contributed by atoms with Crippen LogP contribution in [0.4, 0.5) is 0 Å². The molecule has 1 aromatic heterocycles. The highest BCUT2D eigenvalue weighted by atomic mass is 16.5. The van der Waals surface area contributed by atoms with Gasteiger partial charge in [-0.15, -0.1) is 0 Å². The average molecular weight is 430 g/mol. The molecular weight excluding hydrogens is 412 g/mol. The largest absolute Gasteiger partial charge is 0.508 e. The molecule has 1 aliphatic rings. The number of carbonyl (C=O) groups is 1. The fourth-order valence-electron chi connectivity index (χ4n) is 4.21. The number of methoxy groups -OCH3 is 1. The van der Waals surface area contributed by atoms with Crippen LogP contribution in [0.3, 0.4) is 0 Å². The summed E-state index contributed by atoms with van der Waals surface area (Å²) >= 11 is 0. The lowest BCUT2D eigenvalue weighted by Crippen LogP contribution is -2.22. The SMILES string of the molecule is COc1ccccc1-c1coc2c3c(cc(O)c2c1=O)OC(=O)C[C@H]3c1cccc(O)c1. The molecule has 160 valence electrons. The van der Waals surface area contributed by atoms with Crippen LogP contribution < -0.4 is 14.9 Å². The van der Waals surface area contributed by atoms with Crippen LogP contribution in [0.1, 0.15) is 23.5 Å². The standard InChI is InChI=1S/C25H18O7/c1-30-19-8-3-2-7-15(19)17-12-31-25-22-16(13-5-4-6-14(26)9-13)10-21(28)32-20(22)11-18(27)23(25)24(17)29/h2-9,11-12,16,26-27H,10H2,1H3/t16-/m0/s1. The van der Waals surface area contributed by atoms with E-state index in [1.807, 2.05) is 0 Å². The minimum absolute atomic E-state index is 0.00566. The molecule has 7 heteroatoms. The maximum Gasteiger partial charge on any atom is 0.312 e. The second-order valence-electron chi connectivity index (χ2n) is 7.52. The van der Waals surface area contributed by atoms with Gasteiger partial charge in [0.05, 0.1) is 19.1 Å². The third-order valence-corrected chi connectivity index (χ3v) is 5.64. The second kappa shape index (κ2) is 7.46. The Hall–Kier alpha value is -4.26. The van der Waals surface area contributed by atoms with Crippen LogP contribution in [-0.4, -0.2) is 23.3 Å². The summed E-state index contributed by atoms with van der Waals surface area (Å²) in [5, 5.41) is 20.6. The molecule has 0 fully saturated rings. The molecule has 1 atom stereocenters. The Labute approximate surface area is 182 Å². The fraction of sp³-hybridized carbons (Fsp3) is 0.120. The van der Waals surface area contributed by atoms with Crippen molar-refractivity contribution in [1.82, 2.24) is 0 Å². The smallest absolute Gasteiger partial charge is 0.312 e. The van der Waals surface area contributed by atoms with Crippen molar-refractivity contribution in [2.75, 3.05) is 7.11 Å². The molecule has 1 aliphatic heterocycles. The molecule has 0 saturated heterocycles. The summed E-state index contributed by atoms with van der Waals surface area (Å²) in [6.07, 6.45) is 1.31. The van der Waals surface area contributed by atoms with E-state index in [-0.39, 0.29) is 40.2 Å². The van der Waals surface area contributed by atoms with Crippen molar-refractivity contribution in [1.29, 1.82) is 0 Å². The van der Waals surface area contributed by atoms with Crippen molar-refractivity contribution in [3.8, 4) is 34.1 Å². The van der Waals surface area contributed by atoms with Crippen LogP contribution in [-0.2, 0) is 4.79 Å². The van der Waals surface area contributed by atoms with E-state index in [2.05, 4.69) is 0 Å². The number of carbonyl (C=O) groups excluding carboxylic acids is 1. The fourth-order valence-corrected chi connectivity index (χ4v) is 4.21. The van der Waals surface area contributed by atoms with E-state index in [1.54, 1.807) is 42.5 Å². The van der Waals surface area contributed by atoms with Crippen LogP contribution in [0, 0.1) is 0 Å². The maximum atomic E-state index is 13.4. The first-order valence-corrected chi connectivity index (χ1v) is 9.92. The predicted molar refractivity (Wildman–Crippen MR) is 116 cm³/mol. The van der Waals surface area contributed by atoms with Crippen molar-refractivity contribution in [2.45, 2.75) is 12.3 Å². The Morgan fingerprint density at radius 3 is 2.59 bits per heavy atom. The number of benzene rings is 3. The Balaban J connectivity index is 1.80. The normalized spacial score (nSPS) is 15.3. The molecule has 0 unspecified atom stereocenters. The van der Waals surface area contributed by atoms with E-state index >= 15 is 0 Å². The Bertz CT molecular complexity index is 1430. The van der Waals surface area contributed by atoms with Gasteiger partial charge in [0.15, 0.2) is 0 Å². The molecule has 4 aromatic rings. The maximum absolute atomic E-state index is 13.4. The van der Waals surface area contributed by atoms with Gasteiger partial charge >= 0.3 is 5.97 Å². The highest BCUT2D eigenvalue weighted by molar-refractivity contribution is 5.94. The zero-order valence-electron chi connectivity index (χ0n) is 17.0. The van der Waals surface area contributed by atoms with Gasteiger partial charge in [0, 0.05) is 23.1 Å². The molecule has 2 heterocycles. The minimum atomic E-state index is -0.526. The number of para-hydroxylation sites is 1. The highest BCUT2D eigenvalue weighted by Crippen LogP contribution is 2.46. The highest BCUT2D eigenvalue weighted by Gasteiger charge is 2.34. The molecule has 5 rings (SSSR count). The number of aromatic hydroxyl groups is 2. The second-order valence-corrected chi connectivity index (χ2v) is 7.52. The molecule has 0 spiro atoms. The van der Waals surface area contributed by atoms with E-state index in [0.717, 1.165) is 0 Å². The Kier molecular flexibility index (Phi) is 4.59. The molecule has 0 aliphatic carbocycles. The van der Waals surface area contributed by atoms with Crippen LogP contribution in [0.5, 0.6) is 23.0 Å². The van der Waals surface area contributed by atoms with Crippen molar-refractivity contribution in [3.63, 3.8) is 0 Å². The number of rotatable bonds is 3. The Morgan fingerprint density at radius 2 is 1.81 bits per heavy atom. The van der Waals surface area contributed by atoms with Crippen molar-refractivity contribution < 1.29 is 28.9 Å². The number of hydrogen-bond acceptors (Lipinski definition) is 7. The average Bonchev–Trinajstić information content (AvgIpc) is 2.78. The Morgan fingerprint density at radius 1 is 1.00 bits per heavy atom. The molecular formula is C25H18O7. The van der Waals surface area contributed by atoms with E-state index in [1.165, 1.54) is 25.5 Å². The summed E-state index contributed by atoms with van der Waals surface area (Å²) in [7, 11) is 1.50. The van der Waals surface area contributed by atoms with E-state index in [0.29, 0.717) is 22.4 Å². The van der Waals surface area contributed by atoms with Gasteiger partial charge in [0.25, 0.3) is 0 Å². The van der Waals surface area contributed by atoms with Crippen LogP contribution in [0.2, 0.25) is 0 Å². The van der Waals surface area contributed by atoms with Gasteiger partial charge in [0.1, 0.15) is 40.2 Å². The monoisotopic (exact) mass is 430 g/mol. The third-order valence-electron chi connectivity index (χ3n) is 5.64. The zero-order chi connectivity index (χ0) is 22.4.